The number of hydrogen-bond donors (Lipinski definition) is 1. The Kier molecular flexibility index (Phi) is 4.19. The molecule has 0 aliphatic carbocycles. The van der Waals surface area contributed by atoms with Crippen LogP contribution in [0.25, 0.3) is 0 Å². The lowest BCUT2D eigenvalue weighted by molar-refractivity contribution is -0.181. The van der Waals surface area contributed by atoms with Crippen LogP contribution in [-0.4, -0.2) is 35.7 Å². The first-order valence-corrected chi connectivity index (χ1v) is 7.10. The normalized spacial score (nSPS) is 23.5. The maximum Gasteiger partial charge on any atom is 0.123 e. The number of nitrogens with zero attached hydrogens (tertiary/aromatic N) is 1. The highest BCUT2D eigenvalue weighted by atomic mass is 19.1. The van der Waals surface area contributed by atoms with E-state index in [0.29, 0.717) is 0 Å². The second kappa shape index (κ2) is 5.43. The van der Waals surface area contributed by atoms with Crippen molar-refractivity contribution in [2.75, 3.05) is 19.6 Å². The molecule has 1 unspecified atom stereocenters. The minimum absolute atomic E-state index is 0.111. The smallest absolute Gasteiger partial charge is 0.123 e. The highest BCUT2D eigenvalue weighted by Gasteiger charge is 2.38. The molecule has 1 aliphatic rings. The zero-order chi connectivity index (χ0) is 15.0. The first-order chi connectivity index (χ1) is 9.17. The summed E-state index contributed by atoms with van der Waals surface area (Å²) in [7, 11) is 0. The van der Waals surface area contributed by atoms with Crippen LogP contribution in [-0.2, 0) is 4.74 Å². The maximum absolute atomic E-state index is 12.9. The molecule has 2 rings (SSSR count). The molecule has 1 saturated heterocycles. The molecule has 2 N–H and O–H groups in total. The highest BCUT2D eigenvalue weighted by molar-refractivity contribution is 5.20. The van der Waals surface area contributed by atoms with Gasteiger partial charge in [-0.2, -0.15) is 0 Å². The number of ether oxygens (including phenoxy) is 1. The zero-order valence-corrected chi connectivity index (χ0v) is 12.8. The quantitative estimate of drug-likeness (QED) is 0.925. The van der Waals surface area contributed by atoms with Crippen LogP contribution < -0.4 is 5.73 Å². The predicted molar refractivity (Wildman–Crippen MR) is 79.0 cm³/mol. The summed E-state index contributed by atoms with van der Waals surface area (Å²) < 4.78 is 19.0. The molecule has 20 heavy (non-hydrogen) atoms. The molecule has 0 saturated carbocycles. The molecule has 0 bridgehead atoms. The average Bonchev–Trinajstić information content (AvgIpc) is 2.25. The summed E-state index contributed by atoms with van der Waals surface area (Å²) in [6.07, 6.45) is 0. The lowest BCUT2D eigenvalue weighted by atomic mass is 9.97. The molecule has 1 aromatic rings. The number of hydrogen-bond acceptors (Lipinski definition) is 3. The monoisotopic (exact) mass is 280 g/mol. The topological polar surface area (TPSA) is 38.5 Å². The molecular formula is C16H25FN2O. The van der Waals surface area contributed by atoms with Crippen LogP contribution in [0.3, 0.4) is 0 Å². The van der Waals surface area contributed by atoms with Gasteiger partial charge in [-0.3, -0.25) is 4.90 Å². The van der Waals surface area contributed by atoms with Crippen LogP contribution in [0.4, 0.5) is 4.39 Å². The zero-order valence-electron chi connectivity index (χ0n) is 12.8. The molecule has 1 aromatic carbocycles. The molecule has 0 aromatic heterocycles. The van der Waals surface area contributed by atoms with Gasteiger partial charge in [0.25, 0.3) is 0 Å². The van der Waals surface area contributed by atoms with E-state index in [-0.39, 0.29) is 23.1 Å². The van der Waals surface area contributed by atoms with Gasteiger partial charge < -0.3 is 10.5 Å². The molecule has 1 fully saturated rings. The van der Waals surface area contributed by atoms with Crippen LogP contribution in [0, 0.1) is 5.82 Å². The third kappa shape index (κ3) is 4.01. The first kappa shape index (κ1) is 15.4. The Morgan fingerprint density at radius 2 is 1.65 bits per heavy atom. The van der Waals surface area contributed by atoms with Crippen molar-refractivity contribution < 1.29 is 9.13 Å². The van der Waals surface area contributed by atoms with Gasteiger partial charge in [-0.15, -0.1) is 0 Å². The summed E-state index contributed by atoms with van der Waals surface area (Å²) in [5.41, 5.74) is 6.86. The Balaban J connectivity index is 2.03. The summed E-state index contributed by atoms with van der Waals surface area (Å²) in [5, 5.41) is 0. The van der Waals surface area contributed by atoms with E-state index in [0.717, 1.165) is 25.2 Å². The second-order valence-electron chi connectivity index (χ2n) is 6.95. The Bertz CT molecular complexity index is 440. The number of benzene rings is 1. The lowest BCUT2D eigenvalue weighted by Crippen LogP contribution is -2.58. The van der Waals surface area contributed by atoms with Crippen molar-refractivity contribution in [2.24, 2.45) is 5.73 Å². The number of morpholine rings is 1. The molecular weight excluding hydrogens is 255 g/mol. The van der Waals surface area contributed by atoms with Gasteiger partial charge in [-0.1, -0.05) is 12.1 Å². The van der Waals surface area contributed by atoms with Gasteiger partial charge in [-0.25, -0.2) is 4.39 Å². The Morgan fingerprint density at radius 1 is 1.15 bits per heavy atom. The van der Waals surface area contributed by atoms with E-state index in [9.17, 15) is 4.39 Å². The van der Waals surface area contributed by atoms with E-state index in [1.807, 2.05) is 0 Å². The van der Waals surface area contributed by atoms with Crippen molar-refractivity contribution in [1.82, 2.24) is 4.90 Å². The molecule has 112 valence electrons. The van der Waals surface area contributed by atoms with Gasteiger partial charge in [0.1, 0.15) is 5.82 Å². The number of rotatable bonds is 3. The van der Waals surface area contributed by atoms with E-state index < -0.39 is 0 Å². The van der Waals surface area contributed by atoms with Crippen molar-refractivity contribution in [3.05, 3.63) is 35.6 Å². The Labute approximate surface area is 120 Å². The minimum Gasteiger partial charge on any atom is -0.367 e. The largest absolute Gasteiger partial charge is 0.367 e. The maximum atomic E-state index is 12.9. The van der Waals surface area contributed by atoms with E-state index >= 15 is 0 Å². The van der Waals surface area contributed by atoms with E-state index in [1.165, 1.54) is 12.1 Å². The summed E-state index contributed by atoms with van der Waals surface area (Å²) in [6.45, 7) is 10.9. The van der Waals surface area contributed by atoms with E-state index in [1.54, 1.807) is 12.1 Å². The van der Waals surface area contributed by atoms with E-state index in [2.05, 4.69) is 32.6 Å². The average molecular weight is 280 g/mol. The van der Waals surface area contributed by atoms with Gasteiger partial charge in [0.2, 0.25) is 0 Å². The predicted octanol–water partition coefficient (Wildman–Crippen LogP) is 2.71. The van der Waals surface area contributed by atoms with Crippen molar-refractivity contribution in [3.8, 4) is 0 Å². The first-order valence-electron chi connectivity index (χ1n) is 7.10. The standard InChI is InChI=1S/C16H25FN2O/c1-15(2)10-19(11-16(3,4)20-15)9-14(18)12-5-7-13(17)8-6-12/h5-8,14H,9-11,18H2,1-4H3. The Morgan fingerprint density at radius 3 is 2.15 bits per heavy atom. The second-order valence-corrected chi connectivity index (χ2v) is 6.95. The third-order valence-corrected chi connectivity index (χ3v) is 3.51. The molecule has 1 heterocycles. The third-order valence-electron chi connectivity index (χ3n) is 3.51. The summed E-state index contributed by atoms with van der Waals surface area (Å²) in [5.74, 6) is -0.227. The molecule has 0 amide bonds. The summed E-state index contributed by atoms with van der Waals surface area (Å²) >= 11 is 0. The van der Waals surface area contributed by atoms with Crippen LogP contribution >= 0.6 is 0 Å². The molecule has 1 aliphatic heterocycles. The van der Waals surface area contributed by atoms with Crippen molar-refractivity contribution >= 4 is 0 Å². The summed E-state index contributed by atoms with van der Waals surface area (Å²) in [4.78, 5) is 2.33. The van der Waals surface area contributed by atoms with Crippen LogP contribution in [0.15, 0.2) is 24.3 Å². The fourth-order valence-corrected chi connectivity index (χ4v) is 3.17. The minimum atomic E-state index is -0.227. The van der Waals surface area contributed by atoms with Crippen molar-refractivity contribution in [1.29, 1.82) is 0 Å². The molecule has 0 spiro atoms. The van der Waals surface area contributed by atoms with E-state index in [4.69, 9.17) is 10.5 Å². The summed E-state index contributed by atoms with van der Waals surface area (Å²) in [6, 6.07) is 6.33. The van der Waals surface area contributed by atoms with Crippen LogP contribution in [0.5, 0.6) is 0 Å². The fraction of sp³-hybridized carbons (Fsp3) is 0.625. The van der Waals surface area contributed by atoms with Crippen LogP contribution in [0.1, 0.15) is 39.3 Å². The van der Waals surface area contributed by atoms with Gasteiger partial charge >= 0.3 is 0 Å². The number of nitrogens with two attached hydrogens (primary N) is 1. The number of halogens is 1. The highest BCUT2D eigenvalue weighted by Crippen LogP contribution is 2.29. The van der Waals surface area contributed by atoms with Gasteiger partial charge in [-0.05, 0) is 45.4 Å². The molecule has 4 heteroatoms. The van der Waals surface area contributed by atoms with Gasteiger partial charge in [0.15, 0.2) is 0 Å². The van der Waals surface area contributed by atoms with Gasteiger partial charge in [0, 0.05) is 25.7 Å². The molecule has 0 radical (unpaired) electrons. The van der Waals surface area contributed by atoms with Crippen LogP contribution in [0.2, 0.25) is 0 Å². The van der Waals surface area contributed by atoms with Crippen molar-refractivity contribution in [3.63, 3.8) is 0 Å². The van der Waals surface area contributed by atoms with Crippen molar-refractivity contribution in [2.45, 2.75) is 44.9 Å². The van der Waals surface area contributed by atoms with Gasteiger partial charge in [0.05, 0.1) is 11.2 Å². The Hall–Kier alpha value is -0.970. The fourth-order valence-electron chi connectivity index (χ4n) is 3.17. The molecule has 3 nitrogen and oxygen atoms in total. The molecule has 1 atom stereocenters. The SMILES string of the molecule is CC1(C)CN(CC(N)c2ccc(F)cc2)CC(C)(C)O1. The lowest BCUT2D eigenvalue weighted by Gasteiger charge is -2.47.